The van der Waals surface area contributed by atoms with Crippen LogP contribution in [0.25, 0.3) is 0 Å². The van der Waals surface area contributed by atoms with E-state index >= 15 is 0 Å². The van der Waals surface area contributed by atoms with Gasteiger partial charge >= 0.3 is 0 Å². The van der Waals surface area contributed by atoms with Gasteiger partial charge in [0.1, 0.15) is 0 Å². The van der Waals surface area contributed by atoms with Crippen molar-refractivity contribution in [3.8, 4) is 34.5 Å². The molecule has 8 nitrogen and oxygen atoms in total. The van der Waals surface area contributed by atoms with Gasteiger partial charge in [0.05, 0.1) is 13.1 Å². The monoisotopic (exact) mass is 332 g/mol. The molecule has 0 fully saturated rings. The molecule has 0 saturated carbocycles. The minimum absolute atomic E-state index is 0.246. The van der Waals surface area contributed by atoms with Gasteiger partial charge in [0.25, 0.3) is 0 Å². The fourth-order valence-electron chi connectivity index (χ4n) is 1.82. The molecule has 0 aromatic heterocycles. The topological polar surface area (TPSA) is 146 Å². The SMILES string of the molecule is Oc1ccc(C=NCCN=Cc2ccc(O)c(O)c2O)c(O)c1O. The van der Waals surface area contributed by atoms with Crippen LogP contribution in [0.1, 0.15) is 11.1 Å². The van der Waals surface area contributed by atoms with Crippen LogP contribution in [-0.4, -0.2) is 56.2 Å². The van der Waals surface area contributed by atoms with Gasteiger partial charge in [-0.15, -0.1) is 0 Å². The van der Waals surface area contributed by atoms with Gasteiger partial charge in [-0.2, -0.15) is 0 Å². The maximum atomic E-state index is 9.61. The Kier molecular flexibility index (Phi) is 5.10. The molecule has 0 radical (unpaired) electrons. The number of hydrogen-bond donors (Lipinski definition) is 6. The van der Waals surface area contributed by atoms with Gasteiger partial charge in [0.2, 0.25) is 11.5 Å². The lowest BCUT2D eigenvalue weighted by atomic mass is 10.2. The molecule has 8 heteroatoms. The molecule has 2 rings (SSSR count). The van der Waals surface area contributed by atoms with Crippen molar-refractivity contribution >= 4 is 12.4 Å². The van der Waals surface area contributed by atoms with Crippen molar-refractivity contribution in [3.63, 3.8) is 0 Å². The normalized spacial score (nSPS) is 11.5. The maximum absolute atomic E-state index is 9.61. The molecule has 126 valence electrons. The molecule has 0 atom stereocenters. The number of phenols is 6. The highest BCUT2D eigenvalue weighted by atomic mass is 16.3. The van der Waals surface area contributed by atoms with Crippen LogP contribution in [0.5, 0.6) is 34.5 Å². The standard InChI is InChI=1S/C16H16N2O6/c19-11-3-1-9(13(21)15(11)23)7-17-5-6-18-8-10-2-4-12(20)16(24)14(10)22/h1-4,7-8,19-24H,5-6H2. The first kappa shape index (κ1) is 16.9. The molecule has 24 heavy (non-hydrogen) atoms. The quantitative estimate of drug-likeness (QED) is 0.278. The van der Waals surface area contributed by atoms with Crippen molar-refractivity contribution in [2.75, 3.05) is 13.1 Å². The van der Waals surface area contributed by atoms with E-state index in [0.29, 0.717) is 0 Å². The van der Waals surface area contributed by atoms with Crippen molar-refractivity contribution < 1.29 is 30.6 Å². The van der Waals surface area contributed by atoms with Gasteiger partial charge in [-0.3, -0.25) is 9.98 Å². The second-order valence-electron chi connectivity index (χ2n) is 4.81. The molecule has 0 aliphatic carbocycles. The Morgan fingerprint density at radius 2 is 0.958 bits per heavy atom. The molecule has 0 spiro atoms. The Hall–Kier alpha value is -3.42. The van der Waals surface area contributed by atoms with Gasteiger partial charge in [0.15, 0.2) is 23.0 Å². The average molecular weight is 332 g/mol. The molecule has 0 aliphatic rings. The van der Waals surface area contributed by atoms with Crippen molar-refractivity contribution in [1.29, 1.82) is 0 Å². The Labute approximate surface area is 137 Å². The van der Waals surface area contributed by atoms with Gasteiger partial charge in [-0.25, -0.2) is 0 Å². The Morgan fingerprint density at radius 3 is 1.33 bits per heavy atom. The summed E-state index contributed by atoms with van der Waals surface area (Å²) in [5.74, 6) is -3.00. The van der Waals surface area contributed by atoms with E-state index in [1.54, 1.807) is 0 Å². The molecule has 2 aromatic carbocycles. The average Bonchev–Trinajstić information content (AvgIpc) is 2.57. The molecular weight excluding hydrogens is 316 g/mol. The molecule has 0 unspecified atom stereocenters. The summed E-state index contributed by atoms with van der Waals surface area (Å²) >= 11 is 0. The summed E-state index contributed by atoms with van der Waals surface area (Å²) in [6.07, 6.45) is 2.65. The predicted octanol–water partition coefficient (Wildman–Crippen LogP) is 1.46. The van der Waals surface area contributed by atoms with Crippen LogP contribution >= 0.6 is 0 Å². The lowest BCUT2D eigenvalue weighted by Crippen LogP contribution is -1.91. The number of aliphatic imine (C=N–C) groups is 2. The highest BCUT2D eigenvalue weighted by molar-refractivity contribution is 5.86. The molecule has 6 N–H and O–H groups in total. The highest BCUT2D eigenvalue weighted by Crippen LogP contribution is 2.36. The summed E-state index contributed by atoms with van der Waals surface area (Å²) in [6.45, 7) is 0.533. The lowest BCUT2D eigenvalue weighted by molar-refractivity contribution is 0.367. The Balaban J connectivity index is 1.94. The van der Waals surface area contributed by atoms with Gasteiger partial charge in [0, 0.05) is 23.6 Å². The van der Waals surface area contributed by atoms with Crippen molar-refractivity contribution in [1.82, 2.24) is 0 Å². The highest BCUT2D eigenvalue weighted by Gasteiger charge is 2.09. The molecule has 0 bridgehead atoms. The van der Waals surface area contributed by atoms with E-state index in [2.05, 4.69) is 9.98 Å². The van der Waals surface area contributed by atoms with E-state index < -0.39 is 34.5 Å². The van der Waals surface area contributed by atoms with Gasteiger partial charge < -0.3 is 30.6 Å². The number of phenolic OH excluding ortho intramolecular Hbond substituents is 6. The zero-order valence-corrected chi connectivity index (χ0v) is 12.5. The van der Waals surface area contributed by atoms with E-state index in [0.717, 1.165) is 0 Å². The van der Waals surface area contributed by atoms with Crippen LogP contribution in [0.3, 0.4) is 0 Å². The summed E-state index contributed by atoms with van der Waals surface area (Å²) < 4.78 is 0. The van der Waals surface area contributed by atoms with Crippen LogP contribution in [0.2, 0.25) is 0 Å². The van der Waals surface area contributed by atoms with E-state index in [1.165, 1.54) is 36.7 Å². The third-order valence-corrected chi connectivity index (χ3v) is 3.14. The zero-order chi connectivity index (χ0) is 17.7. The first-order chi connectivity index (χ1) is 11.4. The zero-order valence-electron chi connectivity index (χ0n) is 12.5. The number of nitrogens with zero attached hydrogens (tertiary/aromatic N) is 2. The lowest BCUT2D eigenvalue weighted by Gasteiger charge is -2.03. The van der Waals surface area contributed by atoms with Crippen LogP contribution in [0, 0.1) is 0 Å². The molecule has 2 aromatic rings. The summed E-state index contributed by atoms with van der Waals surface area (Å²) in [5.41, 5.74) is 0.491. The fourth-order valence-corrected chi connectivity index (χ4v) is 1.82. The summed E-state index contributed by atoms with van der Waals surface area (Å²) in [5, 5.41) is 56.4. The number of aromatic hydroxyl groups is 6. The minimum Gasteiger partial charge on any atom is -0.504 e. The van der Waals surface area contributed by atoms with E-state index in [-0.39, 0.29) is 24.2 Å². The first-order valence-corrected chi connectivity index (χ1v) is 6.89. The molecule has 0 heterocycles. The van der Waals surface area contributed by atoms with E-state index in [4.69, 9.17) is 0 Å². The van der Waals surface area contributed by atoms with Crippen LogP contribution in [0.15, 0.2) is 34.3 Å². The fraction of sp³-hybridized carbons (Fsp3) is 0.125. The van der Waals surface area contributed by atoms with Crippen molar-refractivity contribution in [3.05, 3.63) is 35.4 Å². The van der Waals surface area contributed by atoms with Gasteiger partial charge in [-0.1, -0.05) is 0 Å². The molecule has 0 saturated heterocycles. The van der Waals surface area contributed by atoms with Crippen LogP contribution in [0.4, 0.5) is 0 Å². The summed E-state index contributed by atoms with van der Waals surface area (Å²) in [4.78, 5) is 8.03. The molecular formula is C16H16N2O6. The summed E-state index contributed by atoms with van der Waals surface area (Å²) in [7, 11) is 0. The molecule has 0 amide bonds. The summed E-state index contributed by atoms with van der Waals surface area (Å²) in [6, 6.07) is 5.26. The van der Waals surface area contributed by atoms with Crippen molar-refractivity contribution in [2.45, 2.75) is 0 Å². The number of benzene rings is 2. The van der Waals surface area contributed by atoms with Crippen LogP contribution in [-0.2, 0) is 0 Å². The smallest absolute Gasteiger partial charge is 0.200 e. The van der Waals surface area contributed by atoms with Gasteiger partial charge in [-0.05, 0) is 24.3 Å². The Bertz CT molecular complexity index is 734. The predicted molar refractivity (Wildman–Crippen MR) is 87.8 cm³/mol. The van der Waals surface area contributed by atoms with Crippen molar-refractivity contribution in [2.24, 2.45) is 9.98 Å². The minimum atomic E-state index is -0.611. The second kappa shape index (κ2) is 7.23. The number of hydrogen-bond acceptors (Lipinski definition) is 8. The number of rotatable bonds is 5. The first-order valence-electron chi connectivity index (χ1n) is 6.89. The largest absolute Gasteiger partial charge is 0.504 e. The third-order valence-electron chi connectivity index (χ3n) is 3.14. The van der Waals surface area contributed by atoms with E-state index in [9.17, 15) is 30.6 Å². The second-order valence-corrected chi connectivity index (χ2v) is 4.81. The van der Waals surface area contributed by atoms with Crippen LogP contribution < -0.4 is 0 Å². The third kappa shape index (κ3) is 3.67. The van der Waals surface area contributed by atoms with E-state index in [1.807, 2.05) is 0 Å². The molecule has 0 aliphatic heterocycles. The maximum Gasteiger partial charge on any atom is 0.200 e. The Morgan fingerprint density at radius 1 is 0.583 bits per heavy atom.